The van der Waals surface area contributed by atoms with Gasteiger partial charge in [0.05, 0.1) is 12.1 Å². The van der Waals surface area contributed by atoms with E-state index in [2.05, 4.69) is 10.1 Å². The normalized spacial score (nSPS) is 23.9. The van der Waals surface area contributed by atoms with Gasteiger partial charge >= 0.3 is 0 Å². The van der Waals surface area contributed by atoms with Gasteiger partial charge in [-0.05, 0) is 13.3 Å². The van der Waals surface area contributed by atoms with Crippen LogP contribution in [0, 0.1) is 0 Å². The Morgan fingerprint density at radius 1 is 1.37 bits per heavy atom. The number of hydrogen-bond donors (Lipinski definition) is 1. The molecule has 100 valence electrons. The summed E-state index contributed by atoms with van der Waals surface area (Å²) in [6.45, 7) is 4.17. The third kappa shape index (κ3) is 2.85. The van der Waals surface area contributed by atoms with Gasteiger partial charge in [0.1, 0.15) is 5.69 Å². The number of rotatable bonds is 3. The minimum Gasteiger partial charge on any atom is -0.389 e. The lowest BCUT2D eigenvalue weighted by Gasteiger charge is -2.17. The maximum absolute atomic E-state index is 9.94. The Morgan fingerprint density at radius 3 is 2.84 bits per heavy atom. The van der Waals surface area contributed by atoms with Crippen LogP contribution in [0.1, 0.15) is 19.1 Å². The first-order valence-corrected chi connectivity index (χ1v) is 6.58. The van der Waals surface area contributed by atoms with Crippen LogP contribution >= 0.6 is 0 Å². The molecule has 0 amide bonds. The molecule has 0 spiro atoms. The van der Waals surface area contributed by atoms with Crippen LogP contribution in [0.3, 0.4) is 0 Å². The van der Waals surface area contributed by atoms with Gasteiger partial charge < -0.3 is 9.63 Å². The van der Waals surface area contributed by atoms with Crippen molar-refractivity contribution in [1.82, 2.24) is 10.1 Å². The van der Waals surface area contributed by atoms with E-state index in [9.17, 15) is 5.11 Å². The largest absolute Gasteiger partial charge is 0.389 e. The molecule has 2 aromatic rings. The summed E-state index contributed by atoms with van der Waals surface area (Å²) >= 11 is 0. The Morgan fingerprint density at radius 2 is 2.16 bits per heavy atom. The monoisotopic (exact) mass is 258 g/mol. The van der Waals surface area contributed by atoms with E-state index in [1.165, 1.54) is 0 Å². The number of nitrogens with zero attached hydrogens (tertiary/aromatic N) is 2. The molecule has 0 saturated carbocycles. The number of benzene rings is 1. The van der Waals surface area contributed by atoms with E-state index in [0.29, 0.717) is 13.1 Å². The predicted molar refractivity (Wildman–Crippen MR) is 72.5 cm³/mol. The molecule has 0 radical (unpaired) electrons. The Balaban J connectivity index is 1.69. The predicted octanol–water partition coefficient (Wildman–Crippen LogP) is 2.30. The zero-order chi connectivity index (χ0) is 13.3. The Hall–Kier alpha value is -1.65. The molecular weight excluding hydrogens is 240 g/mol. The maximum Gasteiger partial charge on any atom is 0.151 e. The van der Waals surface area contributed by atoms with Gasteiger partial charge in [-0.3, -0.25) is 4.90 Å². The van der Waals surface area contributed by atoms with E-state index in [4.69, 9.17) is 4.52 Å². The molecule has 1 fully saturated rings. The van der Waals surface area contributed by atoms with Crippen LogP contribution in [0.5, 0.6) is 0 Å². The molecular formula is C15H18N2O2. The van der Waals surface area contributed by atoms with E-state index < -0.39 is 5.60 Å². The highest BCUT2D eigenvalue weighted by Gasteiger charge is 2.31. The number of likely N-dealkylation sites (tertiary alicyclic amines) is 1. The Kier molecular flexibility index (Phi) is 3.12. The van der Waals surface area contributed by atoms with Crippen molar-refractivity contribution in [3.05, 3.63) is 42.2 Å². The molecule has 2 heterocycles. The van der Waals surface area contributed by atoms with Gasteiger partial charge in [0, 0.05) is 24.7 Å². The molecule has 1 unspecified atom stereocenters. The summed E-state index contributed by atoms with van der Waals surface area (Å²) in [5.74, 6) is 0.844. The first kappa shape index (κ1) is 12.4. The van der Waals surface area contributed by atoms with E-state index in [-0.39, 0.29) is 0 Å². The first-order valence-electron chi connectivity index (χ1n) is 6.58. The van der Waals surface area contributed by atoms with Crippen molar-refractivity contribution >= 4 is 0 Å². The van der Waals surface area contributed by atoms with Gasteiger partial charge in [-0.15, -0.1) is 0 Å². The van der Waals surface area contributed by atoms with Crippen molar-refractivity contribution in [2.45, 2.75) is 25.5 Å². The first-order chi connectivity index (χ1) is 9.12. The van der Waals surface area contributed by atoms with Crippen LogP contribution < -0.4 is 0 Å². The highest BCUT2D eigenvalue weighted by atomic mass is 16.5. The fourth-order valence-corrected chi connectivity index (χ4v) is 2.53. The molecule has 0 aliphatic carbocycles. The number of β-amino-alcohol motifs (C(OH)–C–C–N with tert-alkyl or cyclic N) is 1. The second-order valence-electron chi connectivity index (χ2n) is 5.50. The summed E-state index contributed by atoms with van der Waals surface area (Å²) in [5, 5.41) is 14.0. The van der Waals surface area contributed by atoms with Gasteiger partial charge in [0.15, 0.2) is 5.76 Å². The smallest absolute Gasteiger partial charge is 0.151 e. The highest BCUT2D eigenvalue weighted by Crippen LogP contribution is 2.24. The molecule has 1 aromatic carbocycles. The Labute approximate surface area is 112 Å². The van der Waals surface area contributed by atoms with Crippen LogP contribution in [0.25, 0.3) is 11.3 Å². The second kappa shape index (κ2) is 4.79. The summed E-state index contributed by atoms with van der Waals surface area (Å²) < 4.78 is 5.38. The average molecular weight is 258 g/mol. The number of hydrogen-bond acceptors (Lipinski definition) is 4. The summed E-state index contributed by atoms with van der Waals surface area (Å²) in [6.07, 6.45) is 0.812. The number of aromatic nitrogens is 1. The van der Waals surface area contributed by atoms with Crippen molar-refractivity contribution in [3.63, 3.8) is 0 Å². The fraction of sp³-hybridized carbons (Fsp3) is 0.400. The summed E-state index contributed by atoms with van der Waals surface area (Å²) in [4.78, 5) is 2.19. The molecule has 0 bridgehead atoms. The van der Waals surface area contributed by atoms with Crippen molar-refractivity contribution in [2.75, 3.05) is 13.1 Å². The van der Waals surface area contributed by atoms with Gasteiger partial charge in [-0.2, -0.15) is 0 Å². The molecule has 4 heteroatoms. The maximum atomic E-state index is 9.94. The molecule has 1 aliphatic rings. The van der Waals surface area contributed by atoms with E-state index in [1.54, 1.807) is 0 Å². The summed E-state index contributed by atoms with van der Waals surface area (Å²) in [6, 6.07) is 12.0. The van der Waals surface area contributed by atoms with Crippen LogP contribution in [-0.2, 0) is 6.54 Å². The average Bonchev–Trinajstić information content (AvgIpc) is 2.98. The third-order valence-electron chi connectivity index (χ3n) is 3.54. The summed E-state index contributed by atoms with van der Waals surface area (Å²) in [7, 11) is 0. The second-order valence-corrected chi connectivity index (χ2v) is 5.50. The minimum atomic E-state index is -0.567. The lowest BCUT2D eigenvalue weighted by Crippen LogP contribution is -2.29. The number of aliphatic hydroxyl groups is 1. The fourth-order valence-electron chi connectivity index (χ4n) is 2.53. The molecule has 1 N–H and O–H groups in total. The standard InChI is InChI=1S/C15H18N2O2/c1-15(18)7-8-17(11-15)10-13-9-14(16-19-13)12-5-3-2-4-6-12/h2-6,9,18H,7-8,10-11H2,1H3. The van der Waals surface area contributed by atoms with Crippen molar-refractivity contribution < 1.29 is 9.63 Å². The molecule has 1 atom stereocenters. The van der Waals surface area contributed by atoms with Gasteiger partial charge in [-0.1, -0.05) is 35.5 Å². The highest BCUT2D eigenvalue weighted by molar-refractivity contribution is 5.58. The minimum absolute atomic E-state index is 0.567. The van der Waals surface area contributed by atoms with Crippen molar-refractivity contribution in [1.29, 1.82) is 0 Å². The third-order valence-corrected chi connectivity index (χ3v) is 3.54. The van der Waals surface area contributed by atoms with Crippen molar-refractivity contribution in [3.8, 4) is 11.3 Å². The van der Waals surface area contributed by atoms with Gasteiger partial charge in [0.25, 0.3) is 0 Å². The topological polar surface area (TPSA) is 49.5 Å². The zero-order valence-electron chi connectivity index (χ0n) is 11.0. The summed E-state index contributed by atoms with van der Waals surface area (Å²) in [5.41, 5.74) is 1.36. The molecule has 1 saturated heterocycles. The molecule has 1 aromatic heterocycles. The van der Waals surface area contributed by atoms with Crippen molar-refractivity contribution in [2.24, 2.45) is 0 Å². The quantitative estimate of drug-likeness (QED) is 0.917. The van der Waals surface area contributed by atoms with Crippen LogP contribution in [-0.4, -0.2) is 33.9 Å². The molecule has 4 nitrogen and oxygen atoms in total. The molecule has 19 heavy (non-hydrogen) atoms. The molecule has 3 rings (SSSR count). The molecule has 1 aliphatic heterocycles. The van der Waals surface area contributed by atoms with Crippen LogP contribution in [0.4, 0.5) is 0 Å². The van der Waals surface area contributed by atoms with E-state index in [1.807, 2.05) is 43.3 Å². The lowest BCUT2D eigenvalue weighted by molar-refractivity contribution is 0.0667. The SMILES string of the molecule is CC1(O)CCN(Cc2cc(-c3ccccc3)no2)C1. The van der Waals surface area contributed by atoms with Crippen LogP contribution in [0.15, 0.2) is 40.9 Å². The van der Waals surface area contributed by atoms with E-state index >= 15 is 0 Å². The lowest BCUT2D eigenvalue weighted by atomic mass is 10.1. The van der Waals surface area contributed by atoms with Gasteiger partial charge in [-0.25, -0.2) is 0 Å². The Bertz CT molecular complexity index is 548. The van der Waals surface area contributed by atoms with Gasteiger partial charge in [0.2, 0.25) is 0 Å². The zero-order valence-corrected chi connectivity index (χ0v) is 11.0. The van der Waals surface area contributed by atoms with E-state index in [0.717, 1.165) is 30.0 Å². The van der Waals surface area contributed by atoms with Crippen LogP contribution in [0.2, 0.25) is 0 Å².